The average Bonchev–Trinajstić information content (AvgIpc) is 3.23. The van der Waals surface area contributed by atoms with Gasteiger partial charge in [0, 0.05) is 38.1 Å². The van der Waals surface area contributed by atoms with Gasteiger partial charge >= 0.3 is 0 Å². The van der Waals surface area contributed by atoms with Gasteiger partial charge in [-0.15, -0.1) is 0 Å². The smallest absolute Gasteiger partial charge is 0.257 e. The molecule has 0 saturated carbocycles. The van der Waals surface area contributed by atoms with Crippen LogP contribution in [0.15, 0.2) is 16.9 Å². The molecule has 1 fully saturated rings. The molecule has 134 valence electrons. The fraction of sp³-hybridized carbons (Fsp3) is 0.529. The number of likely N-dealkylation sites (N-methyl/N-ethyl adjacent to an activating group) is 1. The normalized spacial score (nSPS) is 17.0. The lowest BCUT2D eigenvalue weighted by molar-refractivity contribution is -0.130. The lowest BCUT2D eigenvalue weighted by Crippen LogP contribution is -2.40. The van der Waals surface area contributed by atoms with E-state index in [1.165, 1.54) is 0 Å². The van der Waals surface area contributed by atoms with Crippen molar-refractivity contribution in [2.75, 3.05) is 32.1 Å². The fourth-order valence-electron chi connectivity index (χ4n) is 3.16. The standard InChI is InChI=1S/C17H23N5O3/c1-11-14(12(2)25-20-11)9-15(23)21(3)13-5-8-22(10-13)16-17(24-4)19-7-6-18-16/h6-7,13H,5,8-10H2,1-4H3/t13-/m0/s1. The number of hydrogen-bond acceptors (Lipinski definition) is 7. The topological polar surface area (TPSA) is 84.6 Å². The fourth-order valence-corrected chi connectivity index (χ4v) is 3.16. The van der Waals surface area contributed by atoms with Crippen LogP contribution in [0.4, 0.5) is 5.82 Å². The van der Waals surface area contributed by atoms with Gasteiger partial charge in [0.1, 0.15) is 5.76 Å². The Balaban J connectivity index is 1.66. The van der Waals surface area contributed by atoms with Gasteiger partial charge in [0.2, 0.25) is 5.91 Å². The number of carbonyl (C=O) groups is 1. The third-order valence-electron chi connectivity index (χ3n) is 4.75. The zero-order valence-corrected chi connectivity index (χ0v) is 15.0. The van der Waals surface area contributed by atoms with Crippen LogP contribution in [0.1, 0.15) is 23.4 Å². The molecule has 0 aliphatic carbocycles. The number of rotatable bonds is 5. The Hall–Kier alpha value is -2.64. The molecule has 0 unspecified atom stereocenters. The van der Waals surface area contributed by atoms with E-state index in [0.717, 1.165) is 30.0 Å². The first-order valence-electron chi connectivity index (χ1n) is 8.28. The van der Waals surface area contributed by atoms with E-state index < -0.39 is 0 Å². The monoisotopic (exact) mass is 345 g/mol. The lowest BCUT2D eigenvalue weighted by Gasteiger charge is -2.25. The van der Waals surface area contributed by atoms with Crippen LogP contribution in [0.25, 0.3) is 0 Å². The molecule has 0 spiro atoms. The van der Waals surface area contributed by atoms with Gasteiger partial charge in [-0.05, 0) is 20.3 Å². The van der Waals surface area contributed by atoms with Gasteiger partial charge in [0.05, 0.1) is 25.3 Å². The van der Waals surface area contributed by atoms with Crippen LogP contribution in [-0.2, 0) is 11.2 Å². The highest BCUT2D eigenvalue weighted by molar-refractivity contribution is 5.79. The minimum atomic E-state index is 0.0624. The van der Waals surface area contributed by atoms with E-state index in [0.29, 0.717) is 24.6 Å². The number of aromatic nitrogens is 3. The summed E-state index contributed by atoms with van der Waals surface area (Å²) in [6.07, 6.45) is 4.44. The summed E-state index contributed by atoms with van der Waals surface area (Å²) in [5, 5.41) is 3.91. The summed E-state index contributed by atoms with van der Waals surface area (Å²) in [5.74, 6) is 2.00. The molecule has 1 saturated heterocycles. The zero-order chi connectivity index (χ0) is 18.0. The Bertz CT molecular complexity index is 741. The van der Waals surface area contributed by atoms with E-state index in [9.17, 15) is 4.79 Å². The van der Waals surface area contributed by atoms with E-state index in [4.69, 9.17) is 9.26 Å². The van der Waals surface area contributed by atoms with Gasteiger partial charge in [0.15, 0.2) is 5.82 Å². The molecular weight excluding hydrogens is 322 g/mol. The number of methoxy groups -OCH3 is 1. The molecule has 2 aromatic rings. The van der Waals surface area contributed by atoms with Gasteiger partial charge in [-0.2, -0.15) is 0 Å². The van der Waals surface area contributed by atoms with Gasteiger partial charge in [-0.3, -0.25) is 4.79 Å². The third-order valence-corrected chi connectivity index (χ3v) is 4.75. The maximum Gasteiger partial charge on any atom is 0.257 e. The summed E-state index contributed by atoms with van der Waals surface area (Å²) in [4.78, 5) is 25.1. The Morgan fingerprint density at radius 1 is 1.40 bits per heavy atom. The van der Waals surface area contributed by atoms with Crippen molar-refractivity contribution in [1.82, 2.24) is 20.0 Å². The van der Waals surface area contributed by atoms with Crippen molar-refractivity contribution in [2.45, 2.75) is 32.7 Å². The van der Waals surface area contributed by atoms with Crippen molar-refractivity contribution in [3.05, 3.63) is 29.4 Å². The first-order valence-corrected chi connectivity index (χ1v) is 8.28. The SMILES string of the molecule is COc1nccnc1N1CC[C@H](N(C)C(=O)Cc2c(C)noc2C)C1. The summed E-state index contributed by atoms with van der Waals surface area (Å²) < 4.78 is 10.4. The number of aryl methyl sites for hydroxylation is 2. The number of ether oxygens (including phenoxy) is 1. The van der Waals surface area contributed by atoms with Crippen LogP contribution < -0.4 is 9.64 Å². The third kappa shape index (κ3) is 3.42. The van der Waals surface area contributed by atoms with Crippen molar-refractivity contribution in [3.8, 4) is 5.88 Å². The first kappa shape index (κ1) is 17.2. The van der Waals surface area contributed by atoms with Crippen LogP contribution in [0.3, 0.4) is 0 Å². The van der Waals surface area contributed by atoms with Crippen molar-refractivity contribution in [1.29, 1.82) is 0 Å². The van der Waals surface area contributed by atoms with E-state index in [-0.39, 0.29) is 11.9 Å². The van der Waals surface area contributed by atoms with E-state index >= 15 is 0 Å². The molecule has 0 aromatic carbocycles. The predicted octanol–water partition coefficient (Wildman–Crippen LogP) is 1.37. The Kier molecular flexibility index (Phi) is 4.87. The molecular formula is C17H23N5O3. The van der Waals surface area contributed by atoms with Crippen molar-refractivity contribution < 1.29 is 14.1 Å². The molecule has 1 aliphatic heterocycles. The second kappa shape index (κ2) is 7.08. The van der Waals surface area contributed by atoms with Gasteiger partial charge < -0.3 is 19.1 Å². The molecule has 0 N–H and O–H groups in total. The highest BCUT2D eigenvalue weighted by Crippen LogP contribution is 2.27. The minimum Gasteiger partial charge on any atom is -0.478 e. The predicted molar refractivity (Wildman–Crippen MR) is 91.7 cm³/mol. The summed E-state index contributed by atoms with van der Waals surface area (Å²) in [5.41, 5.74) is 1.65. The van der Waals surface area contributed by atoms with Crippen molar-refractivity contribution in [3.63, 3.8) is 0 Å². The molecule has 8 nitrogen and oxygen atoms in total. The number of anilines is 1. The molecule has 2 aromatic heterocycles. The van der Waals surface area contributed by atoms with Gasteiger partial charge in [-0.25, -0.2) is 9.97 Å². The van der Waals surface area contributed by atoms with E-state index in [1.807, 2.05) is 25.8 Å². The molecule has 1 aliphatic rings. The summed E-state index contributed by atoms with van der Waals surface area (Å²) in [6, 6.07) is 0.125. The average molecular weight is 345 g/mol. The van der Waals surface area contributed by atoms with Crippen molar-refractivity contribution in [2.24, 2.45) is 0 Å². The van der Waals surface area contributed by atoms with Crippen LogP contribution in [0.5, 0.6) is 5.88 Å². The zero-order valence-electron chi connectivity index (χ0n) is 15.0. The Morgan fingerprint density at radius 2 is 2.16 bits per heavy atom. The molecule has 0 bridgehead atoms. The number of carbonyl (C=O) groups excluding carboxylic acids is 1. The summed E-state index contributed by atoms with van der Waals surface area (Å²) in [6.45, 7) is 5.21. The molecule has 1 amide bonds. The number of nitrogens with zero attached hydrogens (tertiary/aromatic N) is 5. The van der Waals surface area contributed by atoms with E-state index in [1.54, 1.807) is 19.5 Å². The van der Waals surface area contributed by atoms with Crippen LogP contribution in [0, 0.1) is 13.8 Å². The van der Waals surface area contributed by atoms with Crippen molar-refractivity contribution >= 4 is 11.7 Å². The highest BCUT2D eigenvalue weighted by atomic mass is 16.5. The maximum atomic E-state index is 12.7. The van der Waals surface area contributed by atoms with Gasteiger partial charge in [-0.1, -0.05) is 5.16 Å². The maximum absolute atomic E-state index is 12.7. The second-order valence-electron chi connectivity index (χ2n) is 6.26. The number of amides is 1. The quantitative estimate of drug-likeness (QED) is 0.809. The second-order valence-corrected chi connectivity index (χ2v) is 6.26. The summed E-state index contributed by atoms with van der Waals surface area (Å²) >= 11 is 0. The van der Waals surface area contributed by atoms with E-state index in [2.05, 4.69) is 20.0 Å². The Labute approximate surface area is 146 Å². The van der Waals surface area contributed by atoms with Crippen LogP contribution >= 0.6 is 0 Å². The van der Waals surface area contributed by atoms with Crippen LogP contribution in [0.2, 0.25) is 0 Å². The minimum absolute atomic E-state index is 0.0624. The van der Waals surface area contributed by atoms with Crippen LogP contribution in [-0.4, -0.2) is 59.2 Å². The summed E-state index contributed by atoms with van der Waals surface area (Å²) in [7, 11) is 3.43. The largest absolute Gasteiger partial charge is 0.478 e. The molecule has 3 heterocycles. The lowest BCUT2D eigenvalue weighted by atomic mass is 10.1. The number of hydrogen-bond donors (Lipinski definition) is 0. The molecule has 0 radical (unpaired) electrons. The molecule has 25 heavy (non-hydrogen) atoms. The van der Waals surface area contributed by atoms with Gasteiger partial charge in [0.25, 0.3) is 5.88 Å². The highest BCUT2D eigenvalue weighted by Gasteiger charge is 2.31. The molecule has 8 heteroatoms. The first-order chi connectivity index (χ1) is 12.0. The molecule has 3 rings (SSSR count). The Morgan fingerprint density at radius 3 is 2.84 bits per heavy atom. The molecule has 1 atom stereocenters.